The fraction of sp³-hybridized carbons (Fsp3) is 0.318. The number of aliphatic hydroxyl groups is 1. The minimum atomic E-state index is -1.30. The van der Waals surface area contributed by atoms with Crippen LogP contribution >= 0.6 is 0 Å². The van der Waals surface area contributed by atoms with Crippen molar-refractivity contribution in [1.82, 2.24) is 9.97 Å². The highest BCUT2D eigenvalue weighted by Gasteiger charge is 2.29. The monoisotopic (exact) mass is 459 g/mol. The molecule has 2 aromatic carbocycles. The van der Waals surface area contributed by atoms with E-state index in [2.05, 4.69) is 20.0 Å². The minimum Gasteiger partial charge on any atom is -0.483 e. The van der Waals surface area contributed by atoms with Crippen LogP contribution in [0.5, 0.6) is 5.75 Å². The van der Waals surface area contributed by atoms with E-state index in [4.69, 9.17) is 9.47 Å². The number of fused-ring (bicyclic) bond motifs is 1. The molecule has 0 aliphatic carbocycles. The third-order valence-electron chi connectivity index (χ3n) is 4.99. The first kappa shape index (κ1) is 22.3. The Balaban J connectivity index is 1.69. The van der Waals surface area contributed by atoms with E-state index in [1.54, 1.807) is 26.0 Å². The van der Waals surface area contributed by atoms with Gasteiger partial charge in [-0.05, 0) is 36.8 Å². The summed E-state index contributed by atoms with van der Waals surface area (Å²) in [6.45, 7) is 5.88. The molecule has 3 N–H and O–H groups in total. The van der Waals surface area contributed by atoms with Gasteiger partial charge in [-0.15, -0.1) is 0 Å². The summed E-state index contributed by atoms with van der Waals surface area (Å²) in [5.41, 5.74) is 2.69. The summed E-state index contributed by atoms with van der Waals surface area (Å²) in [4.78, 5) is 9.47. The highest BCUT2D eigenvalue weighted by Crippen LogP contribution is 2.34. The predicted molar refractivity (Wildman–Crippen MR) is 123 cm³/mol. The molecule has 1 aromatic heterocycles. The smallest absolute Gasteiger partial charge is 0.150 e. The van der Waals surface area contributed by atoms with E-state index in [-0.39, 0.29) is 19.0 Å². The molecule has 0 bridgehead atoms. The van der Waals surface area contributed by atoms with Crippen LogP contribution in [0.25, 0.3) is 10.9 Å². The molecule has 4 rings (SSSR count). The Morgan fingerprint density at radius 1 is 1.25 bits per heavy atom. The van der Waals surface area contributed by atoms with Crippen molar-refractivity contribution in [3.8, 4) is 5.75 Å². The van der Waals surface area contributed by atoms with Crippen LogP contribution in [0.1, 0.15) is 19.4 Å². The van der Waals surface area contributed by atoms with E-state index >= 15 is 0 Å². The summed E-state index contributed by atoms with van der Waals surface area (Å²) in [7, 11) is -1.30. The van der Waals surface area contributed by atoms with Gasteiger partial charge in [0, 0.05) is 17.1 Å². The normalized spacial score (nSPS) is 18.2. The zero-order valence-corrected chi connectivity index (χ0v) is 18.7. The molecule has 32 heavy (non-hydrogen) atoms. The maximum Gasteiger partial charge on any atom is 0.150 e. The molecular formula is C22H24FN4O4S-. The third kappa shape index (κ3) is 4.77. The zero-order valence-electron chi connectivity index (χ0n) is 17.9. The van der Waals surface area contributed by atoms with Crippen molar-refractivity contribution >= 4 is 43.5 Å². The average Bonchev–Trinajstić information content (AvgIpc) is 3.14. The summed E-state index contributed by atoms with van der Waals surface area (Å²) < 4.78 is 40.1. The molecule has 1 fully saturated rings. The van der Waals surface area contributed by atoms with Gasteiger partial charge in [-0.1, -0.05) is 13.8 Å². The van der Waals surface area contributed by atoms with E-state index in [0.29, 0.717) is 22.7 Å². The number of nitrogens with one attached hydrogen (secondary N) is 2. The Hall–Kier alpha value is -2.95. The second-order valence-corrected chi connectivity index (χ2v) is 9.27. The van der Waals surface area contributed by atoms with E-state index < -0.39 is 28.6 Å². The van der Waals surface area contributed by atoms with Crippen molar-refractivity contribution in [2.75, 3.05) is 23.3 Å². The Morgan fingerprint density at radius 2 is 2.06 bits per heavy atom. The van der Waals surface area contributed by atoms with Crippen molar-refractivity contribution in [2.45, 2.75) is 33.0 Å². The average molecular weight is 460 g/mol. The van der Waals surface area contributed by atoms with Crippen LogP contribution in [0, 0.1) is 12.7 Å². The number of rotatable bonds is 6. The van der Waals surface area contributed by atoms with Gasteiger partial charge in [0.05, 0.1) is 24.4 Å². The van der Waals surface area contributed by atoms with Gasteiger partial charge in [0.1, 0.15) is 29.8 Å². The Labute approximate surface area is 187 Å². The number of hydrogen-bond donors (Lipinski definition) is 3. The second kappa shape index (κ2) is 9.27. The van der Waals surface area contributed by atoms with E-state index in [1.807, 2.05) is 13.0 Å². The first-order chi connectivity index (χ1) is 15.3. The largest absolute Gasteiger partial charge is 0.483 e. The molecule has 0 saturated carbocycles. The Kier molecular flexibility index (Phi) is 6.45. The number of aromatic nitrogens is 2. The highest BCUT2D eigenvalue weighted by molar-refractivity contribution is 7.86. The lowest BCUT2D eigenvalue weighted by atomic mass is 10.1. The lowest BCUT2D eigenvalue weighted by Gasteiger charge is -2.20. The molecular weight excluding hydrogens is 435 g/mol. The number of anilines is 3. The molecule has 0 radical (unpaired) electrons. The van der Waals surface area contributed by atoms with Crippen LogP contribution in [0.3, 0.4) is 0 Å². The maximum atomic E-state index is 13.9. The van der Waals surface area contributed by atoms with Crippen LogP contribution in [0.15, 0.2) is 36.7 Å². The van der Waals surface area contributed by atoms with Gasteiger partial charge in [0.25, 0.3) is 0 Å². The summed E-state index contributed by atoms with van der Waals surface area (Å²) in [6.07, 6.45) is 0.0454. The number of nitrogens with zero attached hydrogens (tertiary/aromatic N) is 2. The van der Waals surface area contributed by atoms with E-state index in [1.165, 1.54) is 18.5 Å². The fourth-order valence-electron chi connectivity index (χ4n) is 3.38. The first-order valence-electron chi connectivity index (χ1n) is 10.0. The maximum absolute atomic E-state index is 13.9. The van der Waals surface area contributed by atoms with Gasteiger partial charge in [-0.25, -0.2) is 14.4 Å². The molecule has 0 amide bonds. The van der Waals surface area contributed by atoms with Gasteiger partial charge in [0.2, 0.25) is 0 Å². The lowest BCUT2D eigenvalue weighted by molar-refractivity contribution is 0.0736. The first-order valence-corrected chi connectivity index (χ1v) is 11.2. The molecule has 1 aliphatic rings. The molecule has 3 aromatic rings. The zero-order chi connectivity index (χ0) is 22.8. The quantitative estimate of drug-likeness (QED) is 0.383. The number of aryl methyl sites for hydroxylation is 1. The fourth-order valence-corrected chi connectivity index (χ4v) is 3.91. The second-order valence-electron chi connectivity index (χ2n) is 7.72. The van der Waals surface area contributed by atoms with Gasteiger partial charge < -0.3 is 28.8 Å². The van der Waals surface area contributed by atoms with Gasteiger partial charge in [0.15, 0.2) is 6.10 Å². The summed E-state index contributed by atoms with van der Waals surface area (Å²) in [5, 5.41) is 14.0. The number of hydrogen-bond acceptors (Lipinski definition) is 8. The van der Waals surface area contributed by atoms with Crippen molar-refractivity contribution in [3.05, 3.63) is 48.0 Å². The molecule has 2 atom stereocenters. The summed E-state index contributed by atoms with van der Waals surface area (Å²) in [5.74, 6) is 0.291. The number of benzene rings is 2. The number of halogens is 1. The molecule has 10 heteroatoms. The molecule has 1 aliphatic heterocycles. The van der Waals surface area contributed by atoms with Crippen LogP contribution in [0.4, 0.5) is 21.6 Å². The topological polar surface area (TPSA) is 106 Å². The summed E-state index contributed by atoms with van der Waals surface area (Å²) in [6, 6.07) is 7.78. The van der Waals surface area contributed by atoms with Crippen LogP contribution < -0.4 is 14.8 Å². The molecule has 2 unspecified atom stereocenters. The van der Waals surface area contributed by atoms with Crippen molar-refractivity contribution in [2.24, 2.45) is 0 Å². The van der Waals surface area contributed by atoms with Crippen LogP contribution in [0.2, 0.25) is 0 Å². The van der Waals surface area contributed by atoms with Crippen LogP contribution in [-0.4, -0.2) is 45.4 Å². The standard InChI is InChI=1S/C22H24FN4O4S/c1-12(2)32(29)27-15-6-13(3)21-17(8-15)24-11-25-22(21)26-16-5-4-14(23)7-19(16)31-20-10-30-9-18(20)28/h4-8,11,18,20,28H,9-10H2,1-3H3,(H,27,29)(H,24,25,26)/q-1. The molecule has 8 nitrogen and oxygen atoms in total. The van der Waals surface area contributed by atoms with Crippen molar-refractivity contribution < 1.29 is 23.2 Å². The highest BCUT2D eigenvalue weighted by atomic mass is 32.2. The molecule has 1 saturated heterocycles. The molecule has 2 heterocycles. The SMILES string of the molecule is CC(C)=[S-](=O)Nc1cc(C)c2c(Nc3ccc(F)cc3OC3COCC3O)ncnc2c1. The van der Waals surface area contributed by atoms with Crippen LogP contribution in [-0.2, 0) is 19.5 Å². The number of ether oxygens (including phenoxy) is 2. The Bertz CT molecular complexity index is 1240. The van der Waals surface area contributed by atoms with Gasteiger partial charge in [-0.2, -0.15) is 15.4 Å². The Morgan fingerprint density at radius 3 is 2.78 bits per heavy atom. The molecule has 0 spiro atoms. The number of aliphatic hydroxyl groups excluding tert-OH is 1. The van der Waals surface area contributed by atoms with E-state index in [0.717, 1.165) is 15.8 Å². The van der Waals surface area contributed by atoms with Gasteiger partial charge in [-0.3, -0.25) is 0 Å². The van der Waals surface area contributed by atoms with Crippen molar-refractivity contribution in [1.29, 1.82) is 0 Å². The van der Waals surface area contributed by atoms with E-state index in [9.17, 15) is 13.7 Å². The lowest BCUT2D eigenvalue weighted by Crippen LogP contribution is -2.30. The minimum absolute atomic E-state index is 0.176. The molecule has 170 valence electrons. The van der Waals surface area contributed by atoms with Crippen molar-refractivity contribution in [3.63, 3.8) is 0 Å². The predicted octanol–water partition coefficient (Wildman–Crippen LogP) is 3.46. The summed E-state index contributed by atoms with van der Waals surface area (Å²) >= 11 is 0. The van der Waals surface area contributed by atoms with Gasteiger partial charge >= 0.3 is 0 Å². The third-order valence-corrected chi connectivity index (χ3v) is 6.15.